The van der Waals surface area contributed by atoms with E-state index in [9.17, 15) is 0 Å². The van der Waals surface area contributed by atoms with Crippen LogP contribution in [-0.4, -0.2) is 0 Å². The molecule has 0 aliphatic carbocycles. The number of nitrogens with two attached hydrogens (primary N) is 1. The topological polar surface area (TPSA) is 59.0 Å². The van der Waals surface area contributed by atoms with Gasteiger partial charge in [-0.1, -0.05) is 29.8 Å². The first-order chi connectivity index (χ1) is 9.65. The SMILES string of the molecule is N#Cc1ccc(COc2c(Br)cccc2CN)c(Cl)c1. The van der Waals surface area contributed by atoms with Gasteiger partial charge in [-0.15, -0.1) is 0 Å². The molecule has 0 spiro atoms. The zero-order chi connectivity index (χ0) is 14.5. The summed E-state index contributed by atoms with van der Waals surface area (Å²) in [5, 5.41) is 9.32. The van der Waals surface area contributed by atoms with Gasteiger partial charge in [-0.3, -0.25) is 0 Å². The van der Waals surface area contributed by atoms with Gasteiger partial charge in [0.15, 0.2) is 0 Å². The summed E-state index contributed by atoms with van der Waals surface area (Å²) in [6.07, 6.45) is 0. The Labute approximate surface area is 131 Å². The molecule has 0 fully saturated rings. The van der Waals surface area contributed by atoms with E-state index < -0.39 is 0 Å². The van der Waals surface area contributed by atoms with E-state index in [1.165, 1.54) is 0 Å². The third-order valence-corrected chi connectivity index (χ3v) is 3.80. The second kappa shape index (κ2) is 6.76. The van der Waals surface area contributed by atoms with E-state index >= 15 is 0 Å². The molecule has 0 amide bonds. The summed E-state index contributed by atoms with van der Waals surface area (Å²) in [6, 6.07) is 12.9. The quantitative estimate of drug-likeness (QED) is 0.905. The molecule has 3 nitrogen and oxygen atoms in total. The van der Waals surface area contributed by atoms with Gasteiger partial charge >= 0.3 is 0 Å². The first-order valence-corrected chi connectivity index (χ1v) is 7.11. The Morgan fingerprint density at radius 2 is 2.05 bits per heavy atom. The Hall–Kier alpha value is -1.54. The number of benzene rings is 2. The Morgan fingerprint density at radius 1 is 1.25 bits per heavy atom. The van der Waals surface area contributed by atoms with Gasteiger partial charge in [0.05, 0.1) is 16.1 Å². The molecule has 0 unspecified atom stereocenters. The predicted octanol–water partition coefficient (Wildman–Crippen LogP) is 4.01. The third kappa shape index (κ3) is 3.31. The average molecular weight is 352 g/mol. The van der Waals surface area contributed by atoms with Crippen molar-refractivity contribution >= 4 is 27.5 Å². The maximum absolute atomic E-state index is 8.81. The number of hydrogen-bond donors (Lipinski definition) is 1. The fourth-order valence-corrected chi connectivity index (χ4v) is 2.52. The third-order valence-electron chi connectivity index (χ3n) is 2.82. The molecule has 0 heterocycles. The van der Waals surface area contributed by atoms with Gasteiger partial charge in [-0.05, 0) is 34.1 Å². The predicted molar refractivity (Wildman–Crippen MR) is 82.5 cm³/mol. The van der Waals surface area contributed by atoms with Crippen molar-refractivity contribution in [1.82, 2.24) is 0 Å². The van der Waals surface area contributed by atoms with Crippen LogP contribution in [0.25, 0.3) is 0 Å². The molecule has 0 aliphatic rings. The second-order valence-corrected chi connectivity index (χ2v) is 5.40. The van der Waals surface area contributed by atoms with Crippen LogP contribution in [0.5, 0.6) is 5.75 Å². The van der Waals surface area contributed by atoms with Crippen LogP contribution in [-0.2, 0) is 13.2 Å². The van der Waals surface area contributed by atoms with Crippen molar-refractivity contribution < 1.29 is 4.74 Å². The molecule has 0 bridgehead atoms. The van der Waals surface area contributed by atoms with Crippen LogP contribution in [0.3, 0.4) is 0 Å². The van der Waals surface area contributed by atoms with Crippen molar-refractivity contribution in [1.29, 1.82) is 5.26 Å². The van der Waals surface area contributed by atoms with Crippen molar-refractivity contribution in [2.24, 2.45) is 5.73 Å². The molecule has 0 saturated carbocycles. The van der Waals surface area contributed by atoms with Crippen LogP contribution < -0.4 is 10.5 Å². The molecule has 102 valence electrons. The number of ether oxygens (including phenoxy) is 1. The van der Waals surface area contributed by atoms with E-state index in [1.807, 2.05) is 24.3 Å². The number of nitrogens with zero attached hydrogens (tertiary/aromatic N) is 1. The number of para-hydroxylation sites is 1. The van der Waals surface area contributed by atoms with Gasteiger partial charge in [0.2, 0.25) is 0 Å². The van der Waals surface area contributed by atoms with E-state index in [0.717, 1.165) is 21.3 Å². The molecule has 2 rings (SSSR count). The number of hydrogen-bond acceptors (Lipinski definition) is 3. The van der Waals surface area contributed by atoms with Crippen LogP contribution in [0.2, 0.25) is 5.02 Å². The maximum Gasteiger partial charge on any atom is 0.138 e. The Balaban J connectivity index is 2.19. The van der Waals surface area contributed by atoms with Crippen LogP contribution in [0.1, 0.15) is 16.7 Å². The number of nitriles is 1. The molecule has 20 heavy (non-hydrogen) atoms. The molecule has 2 aromatic carbocycles. The van der Waals surface area contributed by atoms with Crippen molar-refractivity contribution in [2.75, 3.05) is 0 Å². The highest BCUT2D eigenvalue weighted by molar-refractivity contribution is 9.10. The fraction of sp³-hybridized carbons (Fsp3) is 0.133. The molecule has 0 aromatic heterocycles. The molecule has 5 heteroatoms. The van der Waals surface area contributed by atoms with Crippen LogP contribution in [0.4, 0.5) is 0 Å². The van der Waals surface area contributed by atoms with Gasteiger partial charge in [0.25, 0.3) is 0 Å². The van der Waals surface area contributed by atoms with Crippen LogP contribution in [0, 0.1) is 11.3 Å². The fourth-order valence-electron chi connectivity index (χ4n) is 1.76. The van der Waals surface area contributed by atoms with Gasteiger partial charge < -0.3 is 10.5 Å². The molecule has 0 saturated heterocycles. The van der Waals surface area contributed by atoms with Gasteiger partial charge in [0, 0.05) is 22.7 Å². The highest BCUT2D eigenvalue weighted by Gasteiger charge is 2.09. The lowest BCUT2D eigenvalue weighted by molar-refractivity contribution is 0.301. The summed E-state index contributed by atoms with van der Waals surface area (Å²) in [5.74, 6) is 0.718. The lowest BCUT2D eigenvalue weighted by atomic mass is 10.1. The standard InChI is InChI=1S/C15H12BrClN2O/c16-13-3-1-2-11(8-19)15(13)20-9-12-5-4-10(7-18)6-14(12)17/h1-6H,8-9,19H2. The Kier molecular flexibility index (Phi) is 5.02. The lowest BCUT2D eigenvalue weighted by Gasteiger charge is -2.13. The smallest absolute Gasteiger partial charge is 0.138 e. The van der Waals surface area contributed by atoms with Crippen molar-refractivity contribution in [3.8, 4) is 11.8 Å². The summed E-state index contributed by atoms with van der Waals surface area (Å²) >= 11 is 9.57. The van der Waals surface area contributed by atoms with Gasteiger partial charge in [-0.2, -0.15) is 5.26 Å². The van der Waals surface area contributed by atoms with Crippen molar-refractivity contribution in [3.63, 3.8) is 0 Å². The Bertz CT molecular complexity index is 667. The van der Waals surface area contributed by atoms with E-state index in [0.29, 0.717) is 23.7 Å². The average Bonchev–Trinajstić information content (AvgIpc) is 2.46. The molecule has 0 atom stereocenters. The summed E-state index contributed by atoms with van der Waals surface area (Å²) in [5.41, 5.74) is 7.97. The van der Waals surface area contributed by atoms with E-state index in [2.05, 4.69) is 15.9 Å². The number of halogens is 2. The zero-order valence-electron chi connectivity index (χ0n) is 10.6. The minimum atomic E-state index is 0.320. The van der Waals surface area contributed by atoms with Crippen molar-refractivity contribution in [2.45, 2.75) is 13.2 Å². The summed E-state index contributed by atoms with van der Waals surface area (Å²) < 4.78 is 6.66. The normalized spacial score (nSPS) is 10.1. The van der Waals surface area contributed by atoms with Crippen LogP contribution >= 0.6 is 27.5 Å². The Morgan fingerprint density at radius 3 is 2.70 bits per heavy atom. The zero-order valence-corrected chi connectivity index (χ0v) is 12.9. The molecule has 0 aliphatic heterocycles. The lowest BCUT2D eigenvalue weighted by Crippen LogP contribution is -2.03. The monoisotopic (exact) mass is 350 g/mol. The highest BCUT2D eigenvalue weighted by Crippen LogP contribution is 2.30. The first-order valence-electron chi connectivity index (χ1n) is 5.94. The molecule has 2 N–H and O–H groups in total. The summed E-state index contributed by atoms with van der Waals surface area (Å²) in [6.45, 7) is 0.718. The first kappa shape index (κ1) is 14.9. The van der Waals surface area contributed by atoms with Crippen molar-refractivity contribution in [3.05, 3.63) is 62.6 Å². The number of rotatable bonds is 4. The van der Waals surface area contributed by atoms with E-state index in [1.54, 1.807) is 18.2 Å². The van der Waals surface area contributed by atoms with Gasteiger partial charge in [0.1, 0.15) is 12.4 Å². The minimum absolute atomic E-state index is 0.320. The summed E-state index contributed by atoms with van der Waals surface area (Å²) in [4.78, 5) is 0. The molecular formula is C15H12BrClN2O. The summed E-state index contributed by atoms with van der Waals surface area (Å²) in [7, 11) is 0. The molecule has 2 aromatic rings. The highest BCUT2D eigenvalue weighted by atomic mass is 79.9. The maximum atomic E-state index is 8.81. The van der Waals surface area contributed by atoms with E-state index in [-0.39, 0.29) is 0 Å². The largest absolute Gasteiger partial charge is 0.487 e. The van der Waals surface area contributed by atoms with Gasteiger partial charge in [-0.25, -0.2) is 0 Å². The van der Waals surface area contributed by atoms with E-state index in [4.69, 9.17) is 27.3 Å². The molecular weight excluding hydrogens is 340 g/mol. The molecule has 0 radical (unpaired) electrons. The van der Waals surface area contributed by atoms with Crippen LogP contribution in [0.15, 0.2) is 40.9 Å². The second-order valence-electron chi connectivity index (χ2n) is 4.14. The minimum Gasteiger partial charge on any atom is -0.487 e.